The van der Waals surface area contributed by atoms with Gasteiger partial charge in [-0.25, -0.2) is 17.5 Å². The molecule has 2 aromatic rings. The molecule has 11 heteroatoms. The Bertz CT molecular complexity index is 772. The van der Waals surface area contributed by atoms with E-state index in [2.05, 4.69) is 32.4 Å². The lowest BCUT2D eigenvalue weighted by Gasteiger charge is -2.07. The lowest BCUT2D eigenvalue weighted by molar-refractivity contribution is 0.599. The standard InChI is InChI=1S/C9H9FN6O2S2/c1-16-13-9(12-15-16)14-20(17,18)5-2-3-7(10)6(4-5)8(11)19/h2-4H,1H3,(H2,11,19)(H,13,14). The second-order valence-electron chi connectivity index (χ2n) is 3.71. The number of nitrogens with zero attached hydrogens (tertiary/aromatic N) is 4. The second kappa shape index (κ2) is 5.09. The van der Waals surface area contributed by atoms with E-state index in [1.165, 1.54) is 7.05 Å². The monoisotopic (exact) mass is 316 g/mol. The van der Waals surface area contributed by atoms with E-state index in [-0.39, 0.29) is 21.4 Å². The van der Waals surface area contributed by atoms with Crippen LogP contribution in [0, 0.1) is 5.82 Å². The summed E-state index contributed by atoms with van der Waals surface area (Å²) in [4.78, 5) is 0.634. The average molecular weight is 316 g/mol. The summed E-state index contributed by atoms with van der Waals surface area (Å²) >= 11 is 4.65. The maximum atomic E-state index is 13.4. The molecule has 0 aliphatic rings. The number of aromatic nitrogens is 4. The molecule has 8 nitrogen and oxygen atoms in total. The van der Waals surface area contributed by atoms with Crippen LogP contribution in [0.2, 0.25) is 0 Å². The van der Waals surface area contributed by atoms with E-state index in [0.29, 0.717) is 0 Å². The van der Waals surface area contributed by atoms with Gasteiger partial charge in [0.1, 0.15) is 10.8 Å². The van der Waals surface area contributed by atoms with E-state index < -0.39 is 15.8 Å². The third kappa shape index (κ3) is 2.88. The first-order valence-electron chi connectivity index (χ1n) is 5.16. The first kappa shape index (κ1) is 14.3. The summed E-state index contributed by atoms with van der Waals surface area (Å²) < 4.78 is 39.6. The number of aryl methyl sites for hydroxylation is 1. The van der Waals surface area contributed by atoms with Crippen LogP contribution in [0.4, 0.5) is 10.3 Å². The fourth-order valence-corrected chi connectivity index (χ4v) is 2.48. The van der Waals surface area contributed by atoms with Gasteiger partial charge in [0.2, 0.25) is 0 Å². The number of benzene rings is 1. The first-order valence-corrected chi connectivity index (χ1v) is 7.05. The van der Waals surface area contributed by atoms with Crippen LogP contribution < -0.4 is 10.5 Å². The molecule has 20 heavy (non-hydrogen) atoms. The van der Waals surface area contributed by atoms with Gasteiger partial charge in [0, 0.05) is 5.56 Å². The van der Waals surface area contributed by atoms with Gasteiger partial charge in [0.25, 0.3) is 16.0 Å². The molecule has 0 saturated carbocycles. The number of anilines is 1. The van der Waals surface area contributed by atoms with E-state index in [1.54, 1.807) is 0 Å². The zero-order valence-electron chi connectivity index (χ0n) is 10.1. The van der Waals surface area contributed by atoms with Crippen molar-refractivity contribution in [2.24, 2.45) is 12.8 Å². The summed E-state index contributed by atoms with van der Waals surface area (Å²) in [5.41, 5.74) is 5.16. The van der Waals surface area contributed by atoms with Crippen LogP contribution in [-0.2, 0) is 17.1 Å². The lowest BCUT2D eigenvalue weighted by Crippen LogP contribution is -2.17. The van der Waals surface area contributed by atoms with Crippen molar-refractivity contribution in [3.05, 3.63) is 29.6 Å². The molecule has 2 rings (SSSR count). The zero-order valence-corrected chi connectivity index (χ0v) is 11.7. The Morgan fingerprint density at radius 1 is 1.50 bits per heavy atom. The molecule has 1 heterocycles. The molecule has 0 radical (unpaired) electrons. The van der Waals surface area contributed by atoms with E-state index in [4.69, 9.17) is 5.73 Å². The van der Waals surface area contributed by atoms with E-state index in [9.17, 15) is 12.8 Å². The summed E-state index contributed by atoms with van der Waals surface area (Å²) in [6.45, 7) is 0. The highest BCUT2D eigenvalue weighted by atomic mass is 32.2. The maximum Gasteiger partial charge on any atom is 0.277 e. The van der Waals surface area contributed by atoms with Crippen molar-refractivity contribution in [3.8, 4) is 0 Å². The summed E-state index contributed by atoms with van der Waals surface area (Å²) in [6, 6.07) is 3.08. The Kier molecular flexibility index (Phi) is 3.63. The first-order chi connectivity index (χ1) is 9.29. The highest BCUT2D eigenvalue weighted by Gasteiger charge is 2.19. The summed E-state index contributed by atoms with van der Waals surface area (Å²) in [5.74, 6) is -0.900. The molecule has 0 aliphatic heterocycles. The van der Waals surface area contributed by atoms with Crippen LogP contribution in [0.3, 0.4) is 0 Å². The number of hydrogen-bond acceptors (Lipinski definition) is 6. The van der Waals surface area contributed by atoms with Crippen LogP contribution in [0.1, 0.15) is 5.56 Å². The number of nitrogens with two attached hydrogens (primary N) is 1. The van der Waals surface area contributed by atoms with Crippen molar-refractivity contribution in [2.45, 2.75) is 4.90 Å². The molecule has 106 valence electrons. The fraction of sp³-hybridized carbons (Fsp3) is 0.111. The third-order valence-electron chi connectivity index (χ3n) is 2.25. The zero-order chi connectivity index (χ0) is 14.9. The molecule has 0 atom stereocenters. The lowest BCUT2D eigenvalue weighted by atomic mass is 10.2. The Hall–Kier alpha value is -2.14. The molecule has 1 aromatic carbocycles. The van der Waals surface area contributed by atoms with Crippen LogP contribution in [0.25, 0.3) is 0 Å². The number of nitrogens with one attached hydrogen (secondary N) is 1. The highest BCUT2D eigenvalue weighted by molar-refractivity contribution is 7.92. The van der Waals surface area contributed by atoms with Gasteiger partial charge < -0.3 is 5.73 Å². The number of halogens is 1. The highest BCUT2D eigenvalue weighted by Crippen LogP contribution is 2.17. The molecule has 1 aromatic heterocycles. The Labute approximate surface area is 118 Å². The predicted molar refractivity (Wildman–Crippen MR) is 71.9 cm³/mol. The van der Waals surface area contributed by atoms with Gasteiger partial charge in [0.15, 0.2) is 0 Å². The molecule has 0 saturated heterocycles. The van der Waals surface area contributed by atoms with Crippen LogP contribution in [-0.4, -0.2) is 33.6 Å². The van der Waals surface area contributed by atoms with Crippen LogP contribution >= 0.6 is 12.2 Å². The molecule has 0 unspecified atom stereocenters. The minimum atomic E-state index is -3.98. The van der Waals surface area contributed by atoms with E-state index >= 15 is 0 Å². The maximum absolute atomic E-state index is 13.4. The normalized spacial score (nSPS) is 11.3. The number of tetrazole rings is 1. The van der Waals surface area contributed by atoms with Crippen molar-refractivity contribution >= 4 is 33.2 Å². The van der Waals surface area contributed by atoms with Gasteiger partial charge in [-0.15, -0.1) is 5.10 Å². The molecule has 0 bridgehead atoms. The minimum Gasteiger partial charge on any atom is -0.389 e. The number of thiocarbonyl (C=S) groups is 1. The quantitative estimate of drug-likeness (QED) is 0.749. The Morgan fingerprint density at radius 2 is 2.20 bits per heavy atom. The summed E-state index contributed by atoms with van der Waals surface area (Å²) in [5, 5.41) is 10.6. The van der Waals surface area contributed by atoms with Gasteiger partial charge in [-0.05, 0) is 23.4 Å². The van der Waals surface area contributed by atoms with Crippen LogP contribution in [0.5, 0.6) is 0 Å². The number of sulfonamides is 1. The summed E-state index contributed by atoms with van der Waals surface area (Å²) in [7, 11) is -2.50. The van der Waals surface area contributed by atoms with Crippen molar-refractivity contribution in [1.82, 2.24) is 20.2 Å². The molecule has 0 amide bonds. The topological polar surface area (TPSA) is 116 Å². The molecule has 0 aliphatic carbocycles. The molecular weight excluding hydrogens is 307 g/mol. The van der Waals surface area contributed by atoms with Crippen molar-refractivity contribution in [2.75, 3.05) is 4.72 Å². The minimum absolute atomic E-state index is 0.157. The molecule has 0 fully saturated rings. The molecule has 0 spiro atoms. The third-order valence-corrected chi connectivity index (χ3v) is 3.79. The van der Waals surface area contributed by atoms with Gasteiger partial charge in [-0.2, -0.15) is 4.80 Å². The number of hydrogen-bond donors (Lipinski definition) is 2. The predicted octanol–water partition coefficient (Wildman–Crippen LogP) is -0.216. The van der Waals surface area contributed by atoms with E-state index in [1.807, 2.05) is 0 Å². The molecular formula is C9H9FN6O2S2. The van der Waals surface area contributed by atoms with Gasteiger partial charge in [-0.1, -0.05) is 17.3 Å². The largest absolute Gasteiger partial charge is 0.389 e. The SMILES string of the molecule is Cn1nnc(NS(=O)(=O)c2ccc(F)c(C(N)=S)c2)n1. The Morgan fingerprint density at radius 3 is 2.75 bits per heavy atom. The Balaban J connectivity index is 2.39. The van der Waals surface area contributed by atoms with Crippen molar-refractivity contribution in [1.29, 1.82) is 0 Å². The van der Waals surface area contributed by atoms with Crippen molar-refractivity contribution < 1.29 is 12.8 Å². The number of rotatable bonds is 4. The van der Waals surface area contributed by atoms with Gasteiger partial charge >= 0.3 is 0 Å². The van der Waals surface area contributed by atoms with Gasteiger partial charge in [-0.3, -0.25) is 0 Å². The average Bonchev–Trinajstić information content (AvgIpc) is 2.73. The molecule has 3 N–H and O–H groups in total. The van der Waals surface area contributed by atoms with Gasteiger partial charge in [0.05, 0.1) is 11.9 Å². The summed E-state index contributed by atoms with van der Waals surface area (Å²) in [6.07, 6.45) is 0. The van der Waals surface area contributed by atoms with Crippen molar-refractivity contribution in [3.63, 3.8) is 0 Å². The van der Waals surface area contributed by atoms with E-state index in [0.717, 1.165) is 23.0 Å². The smallest absolute Gasteiger partial charge is 0.277 e. The second-order valence-corrected chi connectivity index (χ2v) is 5.84. The van der Waals surface area contributed by atoms with Crippen LogP contribution in [0.15, 0.2) is 23.1 Å². The fourth-order valence-electron chi connectivity index (χ4n) is 1.36.